The summed E-state index contributed by atoms with van der Waals surface area (Å²) in [5.74, 6) is 0.0496. The molecule has 2 heterocycles. The standard InChI is InChI=1S/C19H18N2O2S2/c22-16(23-10-13-6-2-1-3-7-13)11-24-18-17-14-8-4-5-9-15(14)25-19(17)21-12-20-18/h1-3,6-7,12H,4-5,8-11H2. The third kappa shape index (κ3) is 3.70. The maximum Gasteiger partial charge on any atom is 0.316 e. The van der Waals surface area contributed by atoms with Crippen molar-refractivity contribution < 1.29 is 9.53 Å². The van der Waals surface area contributed by atoms with E-state index in [2.05, 4.69) is 9.97 Å². The van der Waals surface area contributed by atoms with E-state index in [9.17, 15) is 4.79 Å². The molecule has 1 aliphatic carbocycles. The number of aryl methyl sites for hydroxylation is 2. The number of fused-ring (bicyclic) bond motifs is 3. The van der Waals surface area contributed by atoms with E-state index in [4.69, 9.17) is 4.74 Å². The van der Waals surface area contributed by atoms with E-state index in [1.807, 2.05) is 30.3 Å². The monoisotopic (exact) mass is 370 g/mol. The van der Waals surface area contributed by atoms with Crippen LogP contribution >= 0.6 is 23.1 Å². The number of rotatable bonds is 5. The zero-order valence-corrected chi connectivity index (χ0v) is 15.4. The highest BCUT2D eigenvalue weighted by molar-refractivity contribution is 8.00. The average molecular weight is 370 g/mol. The summed E-state index contributed by atoms with van der Waals surface area (Å²) >= 11 is 3.23. The lowest BCUT2D eigenvalue weighted by molar-refractivity contribution is -0.141. The lowest BCUT2D eigenvalue weighted by Gasteiger charge is -2.11. The fourth-order valence-corrected chi connectivity index (χ4v) is 5.19. The molecule has 0 radical (unpaired) electrons. The molecule has 0 unspecified atom stereocenters. The quantitative estimate of drug-likeness (QED) is 0.378. The number of aromatic nitrogens is 2. The third-order valence-electron chi connectivity index (χ3n) is 4.29. The number of hydrogen-bond acceptors (Lipinski definition) is 6. The normalized spacial score (nSPS) is 13.6. The summed E-state index contributed by atoms with van der Waals surface area (Å²) in [4.78, 5) is 23.4. The molecule has 0 amide bonds. The van der Waals surface area contributed by atoms with Crippen molar-refractivity contribution in [2.75, 3.05) is 5.75 Å². The minimum absolute atomic E-state index is 0.218. The Morgan fingerprint density at radius 1 is 1.16 bits per heavy atom. The molecular formula is C19H18N2O2S2. The summed E-state index contributed by atoms with van der Waals surface area (Å²) in [6.45, 7) is 0.313. The molecule has 0 atom stereocenters. The lowest BCUT2D eigenvalue weighted by Crippen LogP contribution is -2.07. The SMILES string of the molecule is O=C(CSc1ncnc2sc3c(c12)CCCC3)OCc1ccccc1. The summed E-state index contributed by atoms with van der Waals surface area (Å²) in [5.41, 5.74) is 2.39. The van der Waals surface area contributed by atoms with Crippen LogP contribution in [0.5, 0.6) is 0 Å². The van der Waals surface area contributed by atoms with E-state index in [1.54, 1.807) is 17.7 Å². The molecule has 1 aliphatic rings. The van der Waals surface area contributed by atoms with Gasteiger partial charge in [0.1, 0.15) is 22.8 Å². The largest absolute Gasteiger partial charge is 0.460 e. The van der Waals surface area contributed by atoms with Gasteiger partial charge in [-0.2, -0.15) is 0 Å². The minimum Gasteiger partial charge on any atom is -0.460 e. The van der Waals surface area contributed by atoms with Gasteiger partial charge in [-0.3, -0.25) is 4.79 Å². The Hall–Kier alpha value is -1.92. The van der Waals surface area contributed by atoms with Crippen molar-refractivity contribution in [1.82, 2.24) is 9.97 Å². The molecule has 3 aromatic rings. The first-order valence-electron chi connectivity index (χ1n) is 8.39. The second-order valence-electron chi connectivity index (χ2n) is 6.00. The zero-order chi connectivity index (χ0) is 17.1. The first kappa shape index (κ1) is 16.5. The molecule has 2 aromatic heterocycles. The molecule has 1 aromatic carbocycles. The molecule has 0 bridgehead atoms. The van der Waals surface area contributed by atoms with Crippen molar-refractivity contribution in [1.29, 1.82) is 0 Å². The first-order valence-corrected chi connectivity index (χ1v) is 10.2. The van der Waals surface area contributed by atoms with Gasteiger partial charge in [-0.05, 0) is 36.8 Å². The van der Waals surface area contributed by atoms with E-state index in [-0.39, 0.29) is 11.7 Å². The van der Waals surface area contributed by atoms with E-state index < -0.39 is 0 Å². The van der Waals surface area contributed by atoms with Crippen molar-refractivity contribution in [3.05, 3.63) is 52.7 Å². The van der Waals surface area contributed by atoms with E-state index >= 15 is 0 Å². The highest BCUT2D eigenvalue weighted by atomic mass is 32.2. The zero-order valence-electron chi connectivity index (χ0n) is 13.7. The molecule has 4 nitrogen and oxygen atoms in total. The van der Waals surface area contributed by atoms with Crippen LogP contribution in [0.2, 0.25) is 0 Å². The second kappa shape index (κ2) is 7.54. The Morgan fingerprint density at radius 2 is 2.00 bits per heavy atom. The van der Waals surface area contributed by atoms with Crippen LogP contribution in [-0.4, -0.2) is 21.7 Å². The molecule has 128 valence electrons. The van der Waals surface area contributed by atoms with Crippen LogP contribution in [0.25, 0.3) is 10.2 Å². The van der Waals surface area contributed by atoms with Gasteiger partial charge >= 0.3 is 5.97 Å². The van der Waals surface area contributed by atoms with Crippen LogP contribution in [0, 0.1) is 0 Å². The van der Waals surface area contributed by atoms with Gasteiger partial charge in [0.15, 0.2) is 0 Å². The predicted octanol–water partition coefficient (Wildman–Crippen LogP) is 4.41. The molecule has 0 fully saturated rings. The number of nitrogens with zero attached hydrogens (tertiary/aromatic N) is 2. The van der Waals surface area contributed by atoms with Crippen LogP contribution in [0.4, 0.5) is 0 Å². The Balaban J connectivity index is 1.44. The average Bonchev–Trinajstić information content (AvgIpc) is 3.04. The Bertz CT molecular complexity index is 893. The Kier molecular flexibility index (Phi) is 4.99. The van der Waals surface area contributed by atoms with Gasteiger partial charge < -0.3 is 4.74 Å². The number of thiophene rings is 1. The number of carbonyl (C=O) groups excluding carboxylic acids is 1. The molecule has 25 heavy (non-hydrogen) atoms. The van der Waals surface area contributed by atoms with Gasteiger partial charge in [-0.1, -0.05) is 42.1 Å². The Morgan fingerprint density at radius 3 is 2.88 bits per heavy atom. The fourth-order valence-electron chi connectivity index (χ4n) is 3.08. The van der Waals surface area contributed by atoms with Crippen molar-refractivity contribution in [2.45, 2.75) is 37.3 Å². The number of hydrogen-bond donors (Lipinski definition) is 0. The highest BCUT2D eigenvalue weighted by Crippen LogP contribution is 2.39. The van der Waals surface area contributed by atoms with Crippen molar-refractivity contribution in [3.8, 4) is 0 Å². The van der Waals surface area contributed by atoms with Gasteiger partial charge in [0.05, 0.1) is 5.75 Å². The summed E-state index contributed by atoms with van der Waals surface area (Å²) in [6.07, 6.45) is 6.30. The summed E-state index contributed by atoms with van der Waals surface area (Å²) in [5, 5.41) is 2.06. The van der Waals surface area contributed by atoms with Gasteiger partial charge in [-0.25, -0.2) is 9.97 Å². The van der Waals surface area contributed by atoms with Crippen molar-refractivity contribution in [3.63, 3.8) is 0 Å². The maximum absolute atomic E-state index is 12.1. The van der Waals surface area contributed by atoms with Crippen molar-refractivity contribution >= 4 is 39.3 Å². The van der Waals surface area contributed by atoms with E-state index in [1.165, 1.54) is 35.0 Å². The minimum atomic E-state index is -0.218. The number of carbonyl (C=O) groups is 1. The van der Waals surface area contributed by atoms with E-state index in [0.29, 0.717) is 6.61 Å². The van der Waals surface area contributed by atoms with Crippen LogP contribution in [0.15, 0.2) is 41.7 Å². The maximum atomic E-state index is 12.1. The Labute approximate surface area is 154 Å². The van der Waals surface area contributed by atoms with E-state index in [0.717, 1.165) is 33.6 Å². The second-order valence-corrected chi connectivity index (χ2v) is 8.05. The number of esters is 1. The topological polar surface area (TPSA) is 52.1 Å². The molecule has 0 saturated carbocycles. The van der Waals surface area contributed by atoms with Crippen molar-refractivity contribution in [2.24, 2.45) is 0 Å². The smallest absolute Gasteiger partial charge is 0.316 e. The molecule has 0 spiro atoms. The number of ether oxygens (including phenoxy) is 1. The van der Waals surface area contributed by atoms with Crippen LogP contribution in [0.1, 0.15) is 28.8 Å². The summed E-state index contributed by atoms with van der Waals surface area (Å²) < 4.78 is 5.36. The number of benzene rings is 1. The van der Waals surface area contributed by atoms with Gasteiger partial charge in [0.2, 0.25) is 0 Å². The molecular weight excluding hydrogens is 352 g/mol. The molecule has 0 N–H and O–H groups in total. The molecule has 0 aliphatic heterocycles. The van der Waals surface area contributed by atoms with Crippen LogP contribution < -0.4 is 0 Å². The third-order valence-corrected chi connectivity index (χ3v) is 6.45. The van der Waals surface area contributed by atoms with Crippen LogP contribution in [0.3, 0.4) is 0 Å². The lowest BCUT2D eigenvalue weighted by atomic mass is 9.97. The first-order chi connectivity index (χ1) is 12.3. The van der Waals surface area contributed by atoms with Gasteiger partial charge in [0.25, 0.3) is 0 Å². The fraction of sp³-hybridized carbons (Fsp3) is 0.316. The summed E-state index contributed by atoms with van der Waals surface area (Å²) in [7, 11) is 0. The number of thioether (sulfide) groups is 1. The van der Waals surface area contributed by atoms with Gasteiger partial charge in [0, 0.05) is 10.3 Å². The van der Waals surface area contributed by atoms with Gasteiger partial charge in [-0.15, -0.1) is 11.3 Å². The summed E-state index contributed by atoms with van der Waals surface area (Å²) in [6, 6.07) is 9.73. The highest BCUT2D eigenvalue weighted by Gasteiger charge is 2.20. The molecule has 4 rings (SSSR count). The molecule has 6 heteroatoms. The van der Waals surface area contributed by atoms with Crippen LogP contribution in [-0.2, 0) is 29.0 Å². The molecule has 0 saturated heterocycles. The predicted molar refractivity (Wildman–Crippen MR) is 101 cm³/mol.